The van der Waals surface area contributed by atoms with Gasteiger partial charge in [-0.2, -0.15) is 0 Å². The third-order valence-corrected chi connectivity index (χ3v) is 4.09. The molecular formula is C19H13ClN2O5. The number of aromatic amines is 1. The lowest BCUT2D eigenvalue weighted by molar-refractivity contribution is 0.0600. The highest BCUT2D eigenvalue weighted by molar-refractivity contribution is 6.50. The number of carbonyl (C=O) groups is 2. The molecule has 0 aliphatic rings. The zero-order valence-electron chi connectivity index (χ0n) is 14.0. The maximum atomic E-state index is 12.3. The van der Waals surface area contributed by atoms with Crippen LogP contribution in [0.5, 0.6) is 0 Å². The summed E-state index contributed by atoms with van der Waals surface area (Å²) in [5, 5.41) is 9.38. The van der Waals surface area contributed by atoms with Crippen molar-refractivity contribution >= 4 is 45.6 Å². The molecule has 3 aromatic rings. The third kappa shape index (κ3) is 3.88. The molecule has 0 fully saturated rings. The van der Waals surface area contributed by atoms with Gasteiger partial charge in [-0.15, -0.1) is 0 Å². The molecule has 3 rings (SSSR count). The van der Waals surface area contributed by atoms with Crippen LogP contribution in [-0.2, 0) is 4.74 Å². The number of aromatic nitrogens is 2. The molecule has 1 heterocycles. The molecule has 2 aromatic carbocycles. The molecule has 0 amide bonds. The largest absolute Gasteiger partial charge is 0.478 e. The van der Waals surface area contributed by atoms with E-state index in [4.69, 9.17) is 16.7 Å². The zero-order valence-corrected chi connectivity index (χ0v) is 14.8. The Morgan fingerprint density at radius 1 is 1.15 bits per heavy atom. The zero-order chi connectivity index (χ0) is 19.6. The van der Waals surface area contributed by atoms with Crippen LogP contribution in [0.3, 0.4) is 0 Å². The molecule has 2 N–H and O–H groups in total. The molecule has 0 radical (unpaired) electrons. The summed E-state index contributed by atoms with van der Waals surface area (Å²) in [7, 11) is 1.26. The number of hydrogen-bond donors (Lipinski definition) is 2. The van der Waals surface area contributed by atoms with Gasteiger partial charge in [-0.1, -0.05) is 23.7 Å². The Kier molecular flexibility index (Phi) is 5.05. The van der Waals surface area contributed by atoms with Gasteiger partial charge in [0, 0.05) is 0 Å². The van der Waals surface area contributed by atoms with Crippen molar-refractivity contribution in [3.63, 3.8) is 0 Å². The molecule has 0 saturated heterocycles. The van der Waals surface area contributed by atoms with Gasteiger partial charge in [-0.05, 0) is 42.0 Å². The fourth-order valence-electron chi connectivity index (χ4n) is 2.43. The number of carboxylic acids is 1. The number of carbonyl (C=O) groups excluding carboxylic acids is 1. The fraction of sp³-hybridized carbons (Fsp3) is 0.0526. The van der Waals surface area contributed by atoms with Crippen LogP contribution in [0.15, 0.2) is 47.3 Å². The molecule has 7 nitrogen and oxygen atoms in total. The predicted molar refractivity (Wildman–Crippen MR) is 101 cm³/mol. The number of benzene rings is 2. The second kappa shape index (κ2) is 7.43. The molecule has 0 atom stereocenters. The minimum absolute atomic E-state index is 0.124. The Hall–Kier alpha value is -3.45. The molecule has 0 saturated carbocycles. The van der Waals surface area contributed by atoms with E-state index in [0.29, 0.717) is 16.5 Å². The van der Waals surface area contributed by atoms with E-state index in [1.807, 2.05) is 0 Å². The summed E-state index contributed by atoms with van der Waals surface area (Å²) in [5.41, 5.74) is 0.939. The van der Waals surface area contributed by atoms with Crippen molar-refractivity contribution in [1.82, 2.24) is 9.97 Å². The summed E-state index contributed by atoms with van der Waals surface area (Å²) >= 11 is 6.27. The molecule has 27 heavy (non-hydrogen) atoms. The highest BCUT2D eigenvalue weighted by atomic mass is 35.5. The number of methoxy groups -OCH3 is 1. The summed E-state index contributed by atoms with van der Waals surface area (Å²) in [4.78, 5) is 41.7. The predicted octanol–water partition coefficient (Wildman–Crippen LogP) is 3.14. The Balaban J connectivity index is 2.03. The minimum atomic E-state index is -1.03. The van der Waals surface area contributed by atoms with E-state index >= 15 is 0 Å². The number of nitrogens with zero attached hydrogens (tertiary/aromatic N) is 1. The van der Waals surface area contributed by atoms with Gasteiger partial charge in [0.1, 0.15) is 0 Å². The van der Waals surface area contributed by atoms with Crippen molar-refractivity contribution in [2.45, 2.75) is 0 Å². The second-order valence-electron chi connectivity index (χ2n) is 5.56. The first kappa shape index (κ1) is 18.3. The third-order valence-electron chi connectivity index (χ3n) is 3.80. The Morgan fingerprint density at radius 3 is 2.44 bits per heavy atom. The Bertz CT molecular complexity index is 1130. The van der Waals surface area contributed by atoms with E-state index in [0.717, 1.165) is 0 Å². The van der Waals surface area contributed by atoms with Crippen LogP contribution in [0, 0.1) is 0 Å². The number of ether oxygens (including phenoxy) is 1. The standard InChI is InChI=1S/C19H13ClN2O5/c1-27-19(26)12-6-7-13-15(9-12)21-16(22-17(13)23)14(20)8-10-2-4-11(5-3-10)18(24)25/h2-9H,1H3,(H,24,25)(H,21,22,23)/b14-8-. The smallest absolute Gasteiger partial charge is 0.337 e. The molecular weight excluding hydrogens is 372 g/mol. The van der Waals surface area contributed by atoms with Crippen molar-refractivity contribution in [2.75, 3.05) is 7.11 Å². The molecule has 0 aliphatic heterocycles. The van der Waals surface area contributed by atoms with Crippen molar-refractivity contribution < 1.29 is 19.4 Å². The number of nitrogens with one attached hydrogen (secondary N) is 1. The number of H-pyrrole nitrogens is 1. The quantitative estimate of drug-likeness (QED) is 0.669. The Morgan fingerprint density at radius 2 is 1.81 bits per heavy atom. The number of fused-ring (bicyclic) bond motifs is 1. The van der Waals surface area contributed by atoms with E-state index in [1.165, 1.54) is 37.4 Å². The van der Waals surface area contributed by atoms with Gasteiger partial charge in [0.25, 0.3) is 5.56 Å². The molecule has 1 aromatic heterocycles. The highest BCUT2D eigenvalue weighted by Crippen LogP contribution is 2.21. The summed E-state index contributed by atoms with van der Waals surface area (Å²) < 4.78 is 4.67. The summed E-state index contributed by atoms with van der Waals surface area (Å²) in [6.45, 7) is 0. The number of esters is 1. The fourth-order valence-corrected chi connectivity index (χ4v) is 2.65. The van der Waals surface area contributed by atoms with Crippen LogP contribution in [0.25, 0.3) is 22.0 Å². The highest BCUT2D eigenvalue weighted by Gasteiger charge is 2.11. The monoisotopic (exact) mass is 384 g/mol. The van der Waals surface area contributed by atoms with E-state index in [9.17, 15) is 14.4 Å². The normalized spacial score (nSPS) is 11.4. The van der Waals surface area contributed by atoms with Crippen LogP contribution < -0.4 is 5.56 Å². The van der Waals surface area contributed by atoms with Crippen LogP contribution in [0.1, 0.15) is 32.1 Å². The number of halogens is 1. The topological polar surface area (TPSA) is 109 Å². The van der Waals surface area contributed by atoms with Crippen molar-refractivity contribution in [3.8, 4) is 0 Å². The minimum Gasteiger partial charge on any atom is -0.478 e. The average molecular weight is 385 g/mol. The number of carboxylic acid groups (broad SMARTS) is 1. The van der Waals surface area contributed by atoms with Gasteiger partial charge in [0.2, 0.25) is 0 Å². The number of hydrogen-bond acceptors (Lipinski definition) is 5. The lowest BCUT2D eigenvalue weighted by Gasteiger charge is -2.04. The van der Waals surface area contributed by atoms with Crippen LogP contribution in [0.4, 0.5) is 0 Å². The molecule has 8 heteroatoms. The van der Waals surface area contributed by atoms with Crippen LogP contribution in [0.2, 0.25) is 0 Å². The summed E-state index contributed by atoms with van der Waals surface area (Å²) in [5.74, 6) is -1.45. The molecule has 0 unspecified atom stereocenters. The second-order valence-corrected chi connectivity index (χ2v) is 5.96. The van der Waals surface area contributed by atoms with E-state index in [2.05, 4.69) is 14.7 Å². The maximum absolute atomic E-state index is 12.3. The SMILES string of the molecule is COC(=O)c1ccc2c(=O)[nH]c(/C(Cl)=C/c3ccc(C(=O)O)cc3)nc2c1. The summed E-state index contributed by atoms with van der Waals surface area (Å²) in [6.07, 6.45) is 1.54. The first-order valence-corrected chi connectivity index (χ1v) is 8.10. The Labute approximate surface area is 157 Å². The van der Waals surface area contributed by atoms with Crippen LogP contribution in [-0.4, -0.2) is 34.1 Å². The average Bonchev–Trinajstić information content (AvgIpc) is 2.67. The number of aromatic carboxylic acids is 1. The van der Waals surface area contributed by atoms with Crippen LogP contribution >= 0.6 is 11.6 Å². The molecule has 0 spiro atoms. The summed E-state index contributed by atoms with van der Waals surface area (Å²) in [6, 6.07) is 10.5. The molecule has 0 aliphatic carbocycles. The first-order valence-electron chi connectivity index (χ1n) is 7.72. The van der Waals surface area contributed by atoms with E-state index < -0.39 is 17.5 Å². The molecule has 136 valence electrons. The van der Waals surface area contributed by atoms with Gasteiger partial charge in [-0.25, -0.2) is 14.6 Å². The van der Waals surface area contributed by atoms with Gasteiger partial charge in [0.05, 0.1) is 34.2 Å². The van der Waals surface area contributed by atoms with E-state index in [1.54, 1.807) is 18.2 Å². The van der Waals surface area contributed by atoms with E-state index in [-0.39, 0.29) is 22.0 Å². The van der Waals surface area contributed by atoms with Crippen molar-refractivity contribution in [1.29, 1.82) is 0 Å². The molecule has 0 bridgehead atoms. The lowest BCUT2D eigenvalue weighted by atomic mass is 10.1. The van der Waals surface area contributed by atoms with Crippen molar-refractivity contribution in [3.05, 3.63) is 75.3 Å². The number of rotatable bonds is 4. The van der Waals surface area contributed by atoms with Gasteiger partial charge >= 0.3 is 11.9 Å². The maximum Gasteiger partial charge on any atom is 0.337 e. The van der Waals surface area contributed by atoms with Gasteiger partial charge in [0.15, 0.2) is 5.82 Å². The first-order chi connectivity index (χ1) is 12.9. The van der Waals surface area contributed by atoms with Gasteiger partial charge in [-0.3, -0.25) is 4.79 Å². The lowest BCUT2D eigenvalue weighted by Crippen LogP contribution is -2.11. The van der Waals surface area contributed by atoms with Gasteiger partial charge < -0.3 is 14.8 Å². The van der Waals surface area contributed by atoms with Crippen molar-refractivity contribution in [2.24, 2.45) is 0 Å².